The third-order valence-corrected chi connectivity index (χ3v) is 4.09. The minimum Gasteiger partial charge on any atom is -0.493 e. The molecule has 144 valence electrons. The average molecular weight is 380 g/mol. The van der Waals surface area contributed by atoms with E-state index in [0.29, 0.717) is 11.3 Å². The predicted octanol–water partition coefficient (Wildman–Crippen LogP) is 2.97. The minimum atomic E-state index is -0.637. The highest BCUT2D eigenvalue weighted by atomic mass is 16.5. The van der Waals surface area contributed by atoms with E-state index in [1.54, 1.807) is 0 Å². The van der Waals surface area contributed by atoms with Crippen LogP contribution in [0.4, 0.5) is 5.69 Å². The van der Waals surface area contributed by atoms with E-state index >= 15 is 0 Å². The highest BCUT2D eigenvalue weighted by Crippen LogP contribution is 2.38. The van der Waals surface area contributed by atoms with Crippen molar-refractivity contribution >= 4 is 28.3 Å². The molecule has 0 bridgehead atoms. The Bertz CT molecular complexity index is 1010. The number of hydrogen-bond acceptors (Lipinski definition) is 5. The van der Waals surface area contributed by atoms with Crippen molar-refractivity contribution in [3.8, 4) is 17.2 Å². The molecule has 3 aromatic carbocycles. The van der Waals surface area contributed by atoms with E-state index in [0.717, 1.165) is 10.8 Å². The molecular weight excluding hydrogens is 360 g/mol. The molecule has 0 aromatic heterocycles. The van der Waals surface area contributed by atoms with Crippen LogP contribution in [-0.4, -0.2) is 32.6 Å². The molecule has 28 heavy (non-hydrogen) atoms. The fraction of sp³-hybridized carbons (Fsp3) is 0.143. The molecule has 0 saturated heterocycles. The van der Waals surface area contributed by atoms with Crippen molar-refractivity contribution in [1.82, 2.24) is 0 Å². The van der Waals surface area contributed by atoms with E-state index < -0.39 is 5.91 Å². The summed E-state index contributed by atoms with van der Waals surface area (Å²) in [5, 5.41) is 4.96. The SMILES string of the molecule is COc1cc(C(=O)Nc2ccc3ccccc3c2)cc(OC)c1OCC(N)=O. The molecule has 0 fully saturated rings. The fourth-order valence-corrected chi connectivity index (χ4v) is 2.77. The zero-order valence-electron chi connectivity index (χ0n) is 15.5. The Kier molecular flexibility index (Phi) is 5.64. The summed E-state index contributed by atoms with van der Waals surface area (Å²) in [6.45, 7) is -0.338. The monoisotopic (exact) mass is 380 g/mol. The molecule has 0 unspecified atom stereocenters. The highest BCUT2D eigenvalue weighted by Gasteiger charge is 2.18. The van der Waals surface area contributed by atoms with Crippen LogP contribution in [0.25, 0.3) is 10.8 Å². The molecule has 0 aliphatic heterocycles. The lowest BCUT2D eigenvalue weighted by Crippen LogP contribution is -2.20. The molecule has 3 N–H and O–H groups in total. The molecule has 0 saturated carbocycles. The molecule has 0 heterocycles. The number of rotatable bonds is 7. The second-order valence-corrected chi connectivity index (χ2v) is 5.98. The number of hydrogen-bond donors (Lipinski definition) is 2. The zero-order chi connectivity index (χ0) is 20.1. The molecule has 3 aromatic rings. The van der Waals surface area contributed by atoms with E-state index in [9.17, 15) is 9.59 Å². The molecule has 0 atom stereocenters. The number of ether oxygens (including phenoxy) is 3. The summed E-state index contributed by atoms with van der Waals surface area (Å²) in [5.41, 5.74) is 6.09. The van der Waals surface area contributed by atoms with Gasteiger partial charge in [-0.25, -0.2) is 0 Å². The van der Waals surface area contributed by atoms with Crippen LogP contribution in [0, 0.1) is 0 Å². The highest BCUT2D eigenvalue weighted by molar-refractivity contribution is 6.06. The van der Waals surface area contributed by atoms with E-state index in [-0.39, 0.29) is 29.8 Å². The molecule has 0 aliphatic rings. The minimum absolute atomic E-state index is 0.200. The van der Waals surface area contributed by atoms with Gasteiger partial charge >= 0.3 is 0 Å². The Morgan fingerprint density at radius 3 is 2.18 bits per heavy atom. The second kappa shape index (κ2) is 8.30. The smallest absolute Gasteiger partial charge is 0.255 e. The average Bonchev–Trinajstić information content (AvgIpc) is 2.71. The molecule has 7 nitrogen and oxygen atoms in total. The first kappa shape index (κ1) is 19.0. The van der Waals surface area contributed by atoms with Crippen molar-refractivity contribution in [2.24, 2.45) is 5.73 Å². The van der Waals surface area contributed by atoms with Gasteiger partial charge in [0.05, 0.1) is 14.2 Å². The van der Waals surface area contributed by atoms with Gasteiger partial charge in [0.1, 0.15) is 0 Å². The fourth-order valence-electron chi connectivity index (χ4n) is 2.77. The summed E-state index contributed by atoms with van der Waals surface area (Å²) < 4.78 is 15.9. The van der Waals surface area contributed by atoms with Gasteiger partial charge in [0.25, 0.3) is 11.8 Å². The largest absolute Gasteiger partial charge is 0.493 e. The Morgan fingerprint density at radius 1 is 0.929 bits per heavy atom. The lowest BCUT2D eigenvalue weighted by atomic mass is 10.1. The van der Waals surface area contributed by atoms with Crippen LogP contribution in [-0.2, 0) is 4.79 Å². The number of amides is 2. The number of methoxy groups -OCH3 is 2. The quantitative estimate of drug-likeness (QED) is 0.656. The molecule has 2 amide bonds. The number of anilines is 1. The molecule has 7 heteroatoms. The van der Waals surface area contributed by atoms with Gasteiger partial charge in [0, 0.05) is 11.3 Å². The van der Waals surface area contributed by atoms with E-state index in [1.165, 1.54) is 26.4 Å². The van der Waals surface area contributed by atoms with Crippen LogP contribution in [0.3, 0.4) is 0 Å². The Labute approximate surface area is 162 Å². The standard InChI is InChI=1S/C21H20N2O5/c1-26-17-10-15(11-18(27-2)20(17)28-12-19(22)24)21(25)23-16-8-7-13-5-3-4-6-14(13)9-16/h3-11H,12H2,1-2H3,(H2,22,24)(H,23,25). The van der Waals surface area contributed by atoms with Crippen molar-refractivity contribution in [3.05, 3.63) is 60.2 Å². The van der Waals surface area contributed by atoms with Gasteiger partial charge in [-0.3, -0.25) is 9.59 Å². The topological polar surface area (TPSA) is 99.9 Å². The van der Waals surface area contributed by atoms with Gasteiger partial charge in [-0.05, 0) is 35.0 Å². The lowest BCUT2D eigenvalue weighted by molar-refractivity contribution is -0.120. The van der Waals surface area contributed by atoms with Crippen LogP contribution >= 0.6 is 0 Å². The summed E-state index contributed by atoms with van der Waals surface area (Å²) >= 11 is 0. The first-order chi connectivity index (χ1) is 13.5. The first-order valence-corrected chi connectivity index (χ1v) is 8.49. The van der Waals surface area contributed by atoms with Crippen LogP contribution in [0.2, 0.25) is 0 Å². The van der Waals surface area contributed by atoms with Crippen molar-refractivity contribution in [3.63, 3.8) is 0 Å². The van der Waals surface area contributed by atoms with Gasteiger partial charge in [0.2, 0.25) is 5.75 Å². The maximum atomic E-state index is 12.7. The van der Waals surface area contributed by atoms with Crippen molar-refractivity contribution in [2.45, 2.75) is 0 Å². The second-order valence-electron chi connectivity index (χ2n) is 5.98. The Balaban J connectivity index is 1.88. The summed E-state index contributed by atoms with van der Waals surface area (Å²) in [7, 11) is 2.85. The van der Waals surface area contributed by atoms with Crippen LogP contribution in [0.1, 0.15) is 10.4 Å². The number of benzene rings is 3. The predicted molar refractivity (Wildman–Crippen MR) is 106 cm³/mol. The maximum absolute atomic E-state index is 12.7. The lowest BCUT2D eigenvalue weighted by Gasteiger charge is -2.15. The Hall–Kier alpha value is -3.74. The zero-order valence-corrected chi connectivity index (χ0v) is 15.5. The number of fused-ring (bicyclic) bond motifs is 1. The first-order valence-electron chi connectivity index (χ1n) is 8.49. The maximum Gasteiger partial charge on any atom is 0.255 e. The molecule has 0 radical (unpaired) electrons. The van der Waals surface area contributed by atoms with Crippen molar-refractivity contribution < 1.29 is 23.8 Å². The summed E-state index contributed by atoms with van der Waals surface area (Å²) in [4.78, 5) is 23.7. The third-order valence-electron chi connectivity index (χ3n) is 4.09. The van der Waals surface area contributed by atoms with Crippen LogP contribution in [0.15, 0.2) is 54.6 Å². The molecule has 3 rings (SSSR count). The molecular formula is C21H20N2O5. The number of carbonyl (C=O) groups is 2. The summed E-state index contributed by atoms with van der Waals surface area (Å²) in [6.07, 6.45) is 0. The van der Waals surface area contributed by atoms with E-state index in [1.807, 2.05) is 42.5 Å². The number of carbonyl (C=O) groups excluding carboxylic acids is 2. The van der Waals surface area contributed by atoms with Crippen LogP contribution in [0.5, 0.6) is 17.2 Å². The number of primary amides is 1. The van der Waals surface area contributed by atoms with Gasteiger partial charge < -0.3 is 25.3 Å². The van der Waals surface area contributed by atoms with Gasteiger partial charge in [-0.1, -0.05) is 30.3 Å². The van der Waals surface area contributed by atoms with E-state index in [4.69, 9.17) is 19.9 Å². The summed E-state index contributed by atoms with van der Waals surface area (Å²) in [6, 6.07) is 16.6. The van der Waals surface area contributed by atoms with Gasteiger partial charge in [0.15, 0.2) is 18.1 Å². The number of nitrogens with two attached hydrogens (primary N) is 1. The number of nitrogens with one attached hydrogen (secondary N) is 1. The molecule has 0 aliphatic carbocycles. The van der Waals surface area contributed by atoms with Crippen molar-refractivity contribution in [2.75, 3.05) is 26.1 Å². The van der Waals surface area contributed by atoms with Gasteiger partial charge in [-0.2, -0.15) is 0 Å². The van der Waals surface area contributed by atoms with Gasteiger partial charge in [-0.15, -0.1) is 0 Å². The normalized spacial score (nSPS) is 10.4. The van der Waals surface area contributed by atoms with Crippen molar-refractivity contribution in [1.29, 1.82) is 0 Å². The Morgan fingerprint density at radius 2 is 1.57 bits per heavy atom. The summed E-state index contributed by atoms with van der Waals surface area (Å²) in [5.74, 6) is -0.268. The van der Waals surface area contributed by atoms with E-state index in [2.05, 4.69) is 5.32 Å². The molecule has 0 spiro atoms. The van der Waals surface area contributed by atoms with Crippen LogP contribution < -0.4 is 25.3 Å². The third kappa shape index (κ3) is 4.15.